The SMILES string of the molecule is c1ccc2c(-c3ccc(-c4c5ccccc5c(-c5cccc6ccccc56)c5ccccc45)cc3)cccc2c1. The average molecular weight is 507 g/mol. The van der Waals surface area contributed by atoms with Crippen LogP contribution >= 0.6 is 0 Å². The lowest BCUT2D eigenvalue weighted by atomic mass is 9.84. The van der Waals surface area contributed by atoms with E-state index in [1.54, 1.807) is 0 Å². The minimum Gasteiger partial charge on any atom is -0.0616 e. The van der Waals surface area contributed by atoms with Crippen LogP contribution in [0.15, 0.2) is 158 Å². The summed E-state index contributed by atoms with van der Waals surface area (Å²) >= 11 is 0. The summed E-state index contributed by atoms with van der Waals surface area (Å²) in [4.78, 5) is 0. The van der Waals surface area contributed by atoms with Gasteiger partial charge in [0.25, 0.3) is 0 Å². The van der Waals surface area contributed by atoms with Gasteiger partial charge in [0.1, 0.15) is 0 Å². The monoisotopic (exact) mass is 506 g/mol. The zero-order chi connectivity index (χ0) is 26.5. The Kier molecular flexibility index (Phi) is 5.24. The summed E-state index contributed by atoms with van der Waals surface area (Å²) in [6, 6.07) is 57.5. The minimum atomic E-state index is 1.24. The predicted octanol–water partition coefficient (Wildman–Crippen LogP) is 11.3. The zero-order valence-corrected chi connectivity index (χ0v) is 22.0. The lowest BCUT2D eigenvalue weighted by Crippen LogP contribution is -1.91. The van der Waals surface area contributed by atoms with Gasteiger partial charge in [-0.1, -0.05) is 158 Å². The minimum absolute atomic E-state index is 1.24. The first-order valence-electron chi connectivity index (χ1n) is 13.9. The summed E-state index contributed by atoms with van der Waals surface area (Å²) in [5.41, 5.74) is 7.62. The van der Waals surface area contributed by atoms with Gasteiger partial charge in [-0.25, -0.2) is 0 Å². The molecule has 0 fully saturated rings. The van der Waals surface area contributed by atoms with Crippen LogP contribution in [0, 0.1) is 0 Å². The van der Waals surface area contributed by atoms with Crippen molar-refractivity contribution >= 4 is 43.1 Å². The highest BCUT2D eigenvalue weighted by Gasteiger charge is 2.17. The third kappa shape index (κ3) is 3.54. The van der Waals surface area contributed by atoms with E-state index in [9.17, 15) is 0 Å². The van der Waals surface area contributed by atoms with Crippen LogP contribution < -0.4 is 0 Å². The van der Waals surface area contributed by atoms with Gasteiger partial charge in [-0.3, -0.25) is 0 Å². The fraction of sp³-hybridized carbons (Fsp3) is 0. The summed E-state index contributed by atoms with van der Waals surface area (Å²) in [7, 11) is 0. The molecule has 0 bridgehead atoms. The summed E-state index contributed by atoms with van der Waals surface area (Å²) in [6.45, 7) is 0. The second kappa shape index (κ2) is 9.22. The Morgan fingerprint density at radius 1 is 0.225 bits per heavy atom. The first-order chi connectivity index (χ1) is 19.9. The maximum absolute atomic E-state index is 2.29. The van der Waals surface area contributed by atoms with Gasteiger partial charge in [-0.2, -0.15) is 0 Å². The average Bonchev–Trinajstić information content (AvgIpc) is 3.03. The van der Waals surface area contributed by atoms with Crippen molar-refractivity contribution in [1.82, 2.24) is 0 Å². The molecule has 0 aromatic heterocycles. The molecular weight excluding hydrogens is 480 g/mol. The van der Waals surface area contributed by atoms with Gasteiger partial charge in [0, 0.05) is 0 Å². The highest BCUT2D eigenvalue weighted by Crippen LogP contribution is 2.45. The Balaban J connectivity index is 1.39. The Hall–Kier alpha value is -5.20. The van der Waals surface area contributed by atoms with E-state index in [4.69, 9.17) is 0 Å². The van der Waals surface area contributed by atoms with Gasteiger partial charge in [0.05, 0.1) is 0 Å². The first kappa shape index (κ1) is 22.8. The largest absolute Gasteiger partial charge is 0.0616 e. The molecular formula is C40H26. The van der Waals surface area contributed by atoms with Crippen molar-refractivity contribution in [3.05, 3.63) is 158 Å². The topological polar surface area (TPSA) is 0 Å². The van der Waals surface area contributed by atoms with Crippen molar-refractivity contribution in [2.45, 2.75) is 0 Å². The smallest absolute Gasteiger partial charge is 0.00201 e. The van der Waals surface area contributed by atoms with Crippen LogP contribution in [0.3, 0.4) is 0 Å². The van der Waals surface area contributed by atoms with Crippen molar-refractivity contribution in [1.29, 1.82) is 0 Å². The van der Waals surface area contributed by atoms with Gasteiger partial charge < -0.3 is 0 Å². The summed E-state index contributed by atoms with van der Waals surface area (Å²) < 4.78 is 0. The van der Waals surface area contributed by atoms with Crippen molar-refractivity contribution < 1.29 is 0 Å². The van der Waals surface area contributed by atoms with Gasteiger partial charge >= 0.3 is 0 Å². The van der Waals surface area contributed by atoms with E-state index in [1.165, 1.54) is 76.5 Å². The van der Waals surface area contributed by atoms with Crippen LogP contribution in [0.5, 0.6) is 0 Å². The van der Waals surface area contributed by atoms with Crippen LogP contribution in [0.4, 0.5) is 0 Å². The predicted molar refractivity (Wildman–Crippen MR) is 173 cm³/mol. The van der Waals surface area contributed by atoms with E-state index in [-0.39, 0.29) is 0 Å². The van der Waals surface area contributed by atoms with Crippen molar-refractivity contribution in [2.24, 2.45) is 0 Å². The molecule has 186 valence electrons. The fourth-order valence-corrected chi connectivity index (χ4v) is 6.47. The number of hydrogen-bond donors (Lipinski definition) is 0. The molecule has 0 aliphatic carbocycles. The Morgan fingerprint density at radius 2 is 0.600 bits per heavy atom. The third-order valence-electron chi connectivity index (χ3n) is 8.26. The molecule has 0 spiro atoms. The van der Waals surface area contributed by atoms with E-state index in [0.29, 0.717) is 0 Å². The van der Waals surface area contributed by atoms with E-state index in [1.807, 2.05) is 0 Å². The Labute approximate surface area is 233 Å². The molecule has 8 aromatic rings. The summed E-state index contributed by atoms with van der Waals surface area (Å²) in [6.07, 6.45) is 0. The molecule has 0 saturated heterocycles. The highest BCUT2D eigenvalue weighted by atomic mass is 14.2. The van der Waals surface area contributed by atoms with E-state index in [0.717, 1.165) is 0 Å². The van der Waals surface area contributed by atoms with Crippen LogP contribution in [-0.2, 0) is 0 Å². The molecule has 0 nitrogen and oxygen atoms in total. The number of rotatable bonds is 3. The zero-order valence-electron chi connectivity index (χ0n) is 22.0. The van der Waals surface area contributed by atoms with Gasteiger partial charge in [-0.15, -0.1) is 0 Å². The van der Waals surface area contributed by atoms with E-state index < -0.39 is 0 Å². The van der Waals surface area contributed by atoms with Gasteiger partial charge in [0.2, 0.25) is 0 Å². The maximum atomic E-state index is 2.29. The molecule has 8 rings (SSSR count). The Morgan fingerprint density at radius 3 is 1.15 bits per heavy atom. The quantitative estimate of drug-likeness (QED) is 0.209. The van der Waals surface area contributed by atoms with Crippen molar-refractivity contribution in [3.63, 3.8) is 0 Å². The second-order valence-corrected chi connectivity index (χ2v) is 10.5. The molecule has 8 aromatic carbocycles. The van der Waals surface area contributed by atoms with E-state index >= 15 is 0 Å². The highest BCUT2D eigenvalue weighted by molar-refractivity contribution is 6.23. The van der Waals surface area contributed by atoms with Crippen molar-refractivity contribution in [2.75, 3.05) is 0 Å². The second-order valence-electron chi connectivity index (χ2n) is 10.5. The maximum Gasteiger partial charge on any atom is -0.00201 e. The number of fused-ring (bicyclic) bond motifs is 4. The van der Waals surface area contributed by atoms with Gasteiger partial charge in [0.15, 0.2) is 0 Å². The molecule has 0 heterocycles. The molecule has 0 aliphatic rings. The van der Waals surface area contributed by atoms with Crippen LogP contribution in [-0.4, -0.2) is 0 Å². The fourth-order valence-electron chi connectivity index (χ4n) is 6.47. The molecule has 0 N–H and O–H groups in total. The number of benzene rings is 8. The molecule has 0 saturated carbocycles. The first-order valence-corrected chi connectivity index (χ1v) is 13.9. The molecule has 0 aliphatic heterocycles. The van der Waals surface area contributed by atoms with Crippen LogP contribution in [0.25, 0.3) is 76.5 Å². The van der Waals surface area contributed by atoms with Crippen LogP contribution in [0.1, 0.15) is 0 Å². The molecule has 0 radical (unpaired) electrons. The van der Waals surface area contributed by atoms with Crippen LogP contribution in [0.2, 0.25) is 0 Å². The third-order valence-corrected chi connectivity index (χ3v) is 8.26. The summed E-state index contributed by atoms with van der Waals surface area (Å²) in [5, 5.41) is 10.2. The Bertz CT molecular complexity index is 2130. The summed E-state index contributed by atoms with van der Waals surface area (Å²) in [5.74, 6) is 0. The van der Waals surface area contributed by atoms with Gasteiger partial charge in [-0.05, 0) is 76.5 Å². The lowest BCUT2D eigenvalue weighted by Gasteiger charge is -2.19. The normalized spacial score (nSPS) is 11.5. The standard InChI is InChI=1S/C40H26/c1-3-15-31-27(11-1)13-9-21-32(31)29-23-25-30(26-24-29)39-35-17-5-7-19-37(35)40(38-20-8-6-18-36(38)39)34-22-10-14-28-12-2-4-16-33(28)34/h1-26H. The number of hydrogen-bond acceptors (Lipinski definition) is 0. The molecule has 0 unspecified atom stereocenters. The molecule has 0 heteroatoms. The van der Waals surface area contributed by atoms with E-state index in [2.05, 4.69) is 158 Å². The molecule has 0 amide bonds. The molecule has 40 heavy (non-hydrogen) atoms. The lowest BCUT2D eigenvalue weighted by molar-refractivity contribution is 1.63. The van der Waals surface area contributed by atoms with Crippen molar-refractivity contribution in [3.8, 4) is 33.4 Å². The molecule has 0 atom stereocenters.